The Morgan fingerprint density at radius 1 is 1.39 bits per heavy atom. The van der Waals surface area contributed by atoms with Crippen LogP contribution in [-0.2, 0) is 11.3 Å². The zero-order valence-corrected chi connectivity index (χ0v) is 13.1. The monoisotopic (exact) mass is 314 g/mol. The van der Waals surface area contributed by atoms with Gasteiger partial charge in [-0.15, -0.1) is 0 Å². The molecule has 2 saturated heterocycles. The maximum Gasteiger partial charge on any atom is 0.189 e. The van der Waals surface area contributed by atoms with Crippen molar-refractivity contribution in [1.29, 1.82) is 0 Å². The second kappa shape index (κ2) is 5.74. The quantitative estimate of drug-likeness (QED) is 0.898. The molecule has 5 nitrogen and oxygen atoms in total. The number of nitrogens with one attached hydrogen (secondary N) is 1. The summed E-state index contributed by atoms with van der Waals surface area (Å²) in [4.78, 5) is 17.9. The molecule has 122 valence electrons. The number of aromatic amines is 1. The minimum atomic E-state index is -0.0323. The molecular formula is C18H22N2O3. The summed E-state index contributed by atoms with van der Waals surface area (Å²) in [7, 11) is 0. The smallest absolute Gasteiger partial charge is 0.189 e. The number of pyridine rings is 1. The summed E-state index contributed by atoms with van der Waals surface area (Å²) in [5.74, 6) is 0.383. The summed E-state index contributed by atoms with van der Waals surface area (Å²) in [6.45, 7) is 4.16. The van der Waals surface area contributed by atoms with Crippen LogP contribution in [0.5, 0.6) is 0 Å². The van der Waals surface area contributed by atoms with Gasteiger partial charge in [0.1, 0.15) is 0 Å². The van der Waals surface area contributed by atoms with Crippen LogP contribution in [-0.4, -0.2) is 47.9 Å². The molecule has 1 aromatic carbocycles. The van der Waals surface area contributed by atoms with E-state index in [4.69, 9.17) is 4.74 Å². The number of aromatic nitrogens is 1. The van der Waals surface area contributed by atoms with Gasteiger partial charge in [0.25, 0.3) is 0 Å². The fourth-order valence-electron chi connectivity index (χ4n) is 4.11. The largest absolute Gasteiger partial charge is 0.396 e. The molecule has 1 aromatic heterocycles. The van der Waals surface area contributed by atoms with Crippen molar-refractivity contribution in [1.82, 2.24) is 9.88 Å². The van der Waals surface area contributed by atoms with Crippen molar-refractivity contribution in [3.05, 3.63) is 46.2 Å². The number of nitrogens with zero attached hydrogens (tertiary/aromatic N) is 1. The van der Waals surface area contributed by atoms with E-state index < -0.39 is 0 Å². The predicted molar refractivity (Wildman–Crippen MR) is 88.3 cm³/mol. The minimum Gasteiger partial charge on any atom is -0.396 e. The standard InChI is InChI=1S/C18H22N2O3/c21-12-18-5-6-23-10-13(18)8-20(11-18)9-14-7-17(22)15-3-1-2-4-16(15)19-14/h1-4,7,13,21H,5-6,8-12H2,(H,19,22)/t13-,18-/m1/s1. The highest BCUT2D eigenvalue weighted by Crippen LogP contribution is 2.42. The first-order chi connectivity index (χ1) is 11.2. The molecule has 0 spiro atoms. The van der Waals surface area contributed by atoms with Crippen LogP contribution in [0.15, 0.2) is 35.1 Å². The first-order valence-corrected chi connectivity index (χ1v) is 8.22. The van der Waals surface area contributed by atoms with Crippen molar-refractivity contribution in [3.63, 3.8) is 0 Å². The number of hydrogen-bond donors (Lipinski definition) is 2. The van der Waals surface area contributed by atoms with Gasteiger partial charge in [0, 0.05) is 60.2 Å². The highest BCUT2D eigenvalue weighted by Gasteiger charge is 2.47. The zero-order chi connectivity index (χ0) is 15.9. The molecule has 0 aliphatic carbocycles. The van der Waals surface area contributed by atoms with E-state index in [2.05, 4.69) is 9.88 Å². The lowest BCUT2D eigenvalue weighted by Crippen LogP contribution is -2.41. The molecule has 4 rings (SSSR count). The topological polar surface area (TPSA) is 65.6 Å². The van der Waals surface area contributed by atoms with Crippen molar-refractivity contribution in [2.24, 2.45) is 11.3 Å². The first kappa shape index (κ1) is 14.9. The fourth-order valence-corrected chi connectivity index (χ4v) is 4.11. The third-order valence-corrected chi connectivity index (χ3v) is 5.45. The van der Waals surface area contributed by atoms with Crippen molar-refractivity contribution < 1.29 is 9.84 Å². The SMILES string of the molecule is O=c1cc(CN2C[C@@H]3COCC[C@]3(CO)C2)[nH]c2ccccc12. The summed E-state index contributed by atoms with van der Waals surface area (Å²) in [6.07, 6.45) is 0.916. The lowest BCUT2D eigenvalue weighted by Gasteiger charge is -2.36. The molecule has 0 unspecified atom stereocenters. The molecule has 2 N–H and O–H groups in total. The van der Waals surface area contributed by atoms with E-state index in [0.29, 0.717) is 12.5 Å². The Kier molecular flexibility index (Phi) is 3.71. The van der Waals surface area contributed by atoms with Crippen LogP contribution in [0.2, 0.25) is 0 Å². The van der Waals surface area contributed by atoms with Crippen LogP contribution in [0.3, 0.4) is 0 Å². The summed E-state index contributed by atoms with van der Waals surface area (Å²) in [5, 5.41) is 10.6. The summed E-state index contributed by atoms with van der Waals surface area (Å²) >= 11 is 0. The van der Waals surface area contributed by atoms with Gasteiger partial charge in [-0.05, 0) is 18.6 Å². The molecule has 0 bridgehead atoms. The molecule has 2 atom stereocenters. The second-order valence-electron chi connectivity index (χ2n) is 6.92. The number of ether oxygens (including phenoxy) is 1. The van der Waals surface area contributed by atoms with E-state index in [1.54, 1.807) is 6.07 Å². The average Bonchev–Trinajstić information content (AvgIpc) is 2.93. The Morgan fingerprint density at radius 2 is 2.26 bits per heavy atom. The van der Waals surface area contributed by atoms with Gasteiger partial charge in [0.15, 0.2) is 5.43 Å². The van der Waals surface area contributed by atoms with Crippen LogP contribution in [0.4, 0.5) is 0 Å². The number of hydrogen-bond acceptors (Lipinski definition) is 4. The van der Waals surface area contributed by atoms with Crippen molar-refractivity contribution in [2.75, 3.05) is 32.9 Å². The molecule has 5 heteroatoms. The van der Waals surface area contributed by atoms with Gasteiger partial charge in [0.05, 0.1) is 13.2 Å². The Balaban J connectivity index is 1.58. The van der Waals surface area contributed by atoms with Gasteiger partial charge in [-0.2, -0.15) is 0 Å². The number of likely N-dealkylation sites (tertiary alicyclic amines) is 1. The Morgan fingerprint density at radius 3 is 3.09 bits per heavy atom. The lowest BCUT2D eigenvalue weighted by molar-refractivity contribution is -0.0417. The predicted octanol–water partition coefficient (Wildman–Crippen LogP) is 1.36. The first-order valence-electron chi connectivity index (χ1n) is 8.22. The van der Waals surface area contributed by atoms with Crippen LogP contribution < -0.4 is 5.43 Å². The van der Waals surface area contributed by atoms with Crippen molar-refractivity contribution in [3.8, 4) is 0 Å². The van der Waals surface area contributed by atoms with Crippen LogP contribution in [0.1, 0.15) is 12.1 Å². The van der Waals surface area contributed by atoms with E-state index >= 15 is 0 Å². The lowest BCUT2D eigenvalue weighted by atomic mass is 9.75. The molecule has 3 heterocycles. The van der Waals surface area contributed by atoms with E-state index in [0.717, 1.165) is 49.3 Å². The molecular weight excluding hydrogens is 292 g/mol. The number of fused-ring (bicyclic) bond motifs is 2. The van der Waals surface area contributed by atoms with E-state index in [-0.39, 0.29) is 17.5 Å². The number of rotatable bonds is 3. The third-order valence-electron chi connectivity index (χ3n) is 5.45. The van der Waals surface area contributed by atoms with Gasteiger partial charge in [-0.3, -0.25) is 9.69 Å². The van der Waals surface area contributed by atoms with Gasteiger partial charge in [-0.1, -0.05) is 12.1 Å². The van der Waals surface area contributed by atoms with E-state index in [9.17, 15) is 9.90 Å². The van der Waals surface area contributed by atoms with Crippen LogP contribution in [0.25, 0.3) is 10.9 Å². The van der Waals surface area contributed by atoms with Gasteiger partial charge in [-0.25, -0.2) is 0 Å². The zero-order valence-electron chi connectivity index (χ0n) is 13.1. The third kappa shape index (κ3) is 2.59. The number of aliphatic hydroxyl groups is 1. The highest BCUT2D eigenvalue weighted by molar-refractivity contribution is 5.78. The maximum absolute atomic E-state index is 12.2. The van der Waals surface area contributed by atoms with E-state index in [1.807, 2.05) is 24.3 Å². The number of H-pyrrole nitrogens is 1. The Labute approximate surface area is 134 Å². The van der Waals surface area contributed by atoms with Crippen molar-refractivity contribution in [2.45, 2.75) is 13.0 Å². The molecule has 0 radical (unpaired) electrons. The summed E-state index contributed by atoms with van der Waals surface area (Å²) < 4.78 is 5.59. The highest BCUT2D eigenvalue weighted by atomic mass is 16.5. The van der Waals surface area contributed by atoms with Gasteiger partial charge < -0.3 is 14.8 Å². The Bertz CT molecular complexity index is 772. The second-order valence-corrected chi connectivity index (χ2v) is 6.92. The van der Waals surface area contributed by atoms with Crippen LogP contribution in [0, 0.1) is 11.3 Å². The normalized spacial score (nSPS) is 28.1. The average molecular weight is 314 g/mol. The fraction of sp³-hybridized carbons (Fsp3) is 0.500. The summed E-state index contributed by atoms with van der Waals surface area (Å²) in [5.41, 5.74) is 1.84. The molecule has 23 heavy (non-hydrogen) atoms. The number of para-hydroxylation sites is 1. The number of aliphatic hydroxyl groups excluding tert-OH is 1. The summed E-state index contributed by atoms with van der Waals surface area (Å²) in [6, 6.07) is 9.30. The maximum atomic E-state index is 12.2. The van der Waals surface area contributed by atoms with Gasteiger partial charge >= 0.3 is 0 Å². The molecule has 0 amide bonds. The molecule has 2 aliphatic heterocycles. The molecule has 2 aliphatic rings. The molecule has 2 aromatic rings. The molecule has 0 saturated carbocycles. The van der Waals surface area contributed by atoms with Crippen molar-refractivity contribution >= 4 is 10.9 Å². The van der Waals surface area contributed by atoms with E-state index in [1.165, 1.54) is 0 Å². The minimum absolute atomic E-state index is 0.0323. The number of benzene rings is 1. The van der Waals surface area contributed by atoms with Gasteiger partial charge in [0.2, 0.25) is 0 Å². The van der Waals surface area contributed by atoms with Crippen LogP contribution >= 0.6 is 0 Å². The Hall–Kier alpha value is -1.69. The molecule has 2 fully saturated rings.